The molecule has 2 nitrogen and oxygen atoms in total. The van der Waals surface area contributed by atoms with Gasteiger partial charge in [0.15, 0.2) is 0 Å². The van der Waals surface area contributed by atoms with Crippen LogP contribution in [0.25, 0.3) is 0 Å². The lowest BCUT2D eigenvalue weighted by atomic mass is 10.1. The molecule has 0 saturated carbocycles. The van der Waals surface area contributed by atoms with Crippen LogP contribution in [0.4, 0.5) is 0 Å². The van der Waals surface area contributed by atoms with Crippen molar-refractivity contribution in [2.24, 2.45) is 0 Å². The number of nitrogens with zero attached hydrogens (tertiary/aromatic N) is 1. The topological polar surface area (TPSA) is 20.3 Å². The largest absolute Gasteiger partial charge is 0.341 e. The second kappa shape index (κ2) is 5.69. The average molecular weight is 305 g/mol. The Kier molecular flexibility index (Phi) is 4.81. The molecule has 0 spiro atoms. The van der Waals surface area contributed by atoms with Crippen LogP contribution in [-0.2, 0) is 0 Å². The maximum absolute atomic E-state index is 12.0. The van der Waals surface area contributed by atoms with E-state index in [4.69, 9.17) is 11.6 Å². The highest BCUT2D eigenvalue weighted by atomic mass is 79.9. The van der Waals surface area contributed by atoms with Crippen LogP contribution in [0.3, 0.4) is 0 Å². The number of carbonyl (C=O) groups is 1. The summed E-state index contributed by atoms with van der Waals surface area (Å²) in [4.78, 5) is 14.0. The Morgan fingerprint density at radius 2 is 2.19 bits per heavy atom. The van der Waals surface area contributed by atoms with Crippen molar-refractivity contribution in [3.63, 3.8) is 0 Å². The number of halogens is 2. The van der Waals surface area contributed by atoms with Crippen molar-refractivity contribution in [2.45, 2.75) is 18.7 Å². The van der Waals surface area contributed by atoms with Crippen LogP contribution in [0.5, 0.6) is 0 Å². The summed E-state index contributed by atoms with van der Waals surface area (Å²) < 4.78 is 0. The summed E-state index contributed by atoms with van der Waals surface area (Å²) in [7, 11) is 1.79. The van der Waals surface area contributed by atoms with Crippen molar-refractivity contribution in [3.05, 3.63) is 34.3 Å². The van der Waals surface area contributed by atoms with Crippen LogP contribution in [-0.4, -0.2) is 29.2 Å². The molecular weight excluding hydrogens is 289 g/mol. The van der Waals surface area contributed by atoms with E-state index in [2.05, 4.69) is 15.9 Å². The molecule has 0 heterocycles. The van der Waals surface area contributed by atoms with Gasteiger partial charge in [-0.3, -0.25) is 4.79 Å². The number of hydrogen-bond acceptors (Lipinski definition) is 1. The van der Waals surface area contributed by atoms with Crippen LogP contribution < -0.4 is 0 Å². The molecule has 0 aliphatic rings. The molecule has 0 radical (unpaired) electrons. The first-order valence-electron chi connectivity index (χ1n) is 5.07. The highest BCUT2D eigenvalue weighted by Crippen LogP contribution is 2.17. The van der Waals surface area contributed by atoms with Gasteiger partial charge >= 0.3 is 0 Å². The third-order valence-electron chi connectivity index (χ3n) is 2.29. The minimum absolute atomic E-state index is 0.00630. The van der Waals surface area contributed by atoms with E-state index in [-0.39, 0.29) is 10.7 Å². The van der Waals surface area contributed by atoms with Gasteiger partial charge in [0.25, 0.3) is 5.91 Å². The summed E-state index contributed by atoms with van der Waals surface area (Å²) >= 11 is 9.41. The van der Waals surface area contributed by atoms with Crippen LogP contribution >= 0.6 is 27.5 Å². The predicted octanol–water partition coefficient (Wildman–Crippen LogP) is 3.50. The van der Waals surface area contributed by atoms with Gasteiger partial charge in [-0.2, -0.15) is 0 Å². The fraction of sp³-hybridized carbons (Fsp3) is 0.417. The number of aryl methyl sites for hydroxylation is 1. The molecule has 0 aliphatic heterocycles. The van der Waals surface area contributed by atoms with Gasteiger partial charge in [0, 0.05) is 29.0 Å². The summed E-state index contributed by atoms with van der Waals surface area (Å²) in [5.74, 6) is -0.00630. The minimum atomic E-state index is -0.00630. The smallest absolute Gasteiger partial charge is 0.253 e. The van der Waals surface area contributed by atoms with Crippen LogP contribution in [0.15, 0.2) is 18.2 Å². The zero-order valence-electron chi connectivity index (χ0n) is 9.63. The standard InChI is InChI=1S/C12H15BrClNO/c1-8-4-5-10(6-11(8)14)12(16)15(3)7-9(2)13/h4-6,9H,7H2,1-3H3. The van der Waals surface area contributed by atoms with Gasteiger partial charge in [-0.15, -0.1) is 0 Å². The maximum Gasteiger partial charge on any atom is 0.253 e. The van der Waals surface area contributed by atoms with Crippen LogP contribution in [0.2, 0.25) is 5.02 Å². The number of rotatable bonds is 3. The summed E-state index contributed by atoms with van der Waals surface area (Å²) in [6.07, 6.45) is 0. The van der Waals surface area contributed by atoms with E-state index in [0.29, 0.717) is 17.1 Å². The van der Waals surface area contributed by atoms with E-state index in [1.807, 2.05) is 19.9 Å². The van der Waals surface area contributed by atoms with Gasteiger partial charge in [-0.05, 0) is 24.6 Å². The number of benzene rings is 1. The molecule has 1 atom stereocenters. The first-order valence-corrected chi connectivity index (χ1v) is 6.37. The van der Waals surface area contributed by atoms with E-state index in [1.54, 1.807) is 24.1 Å². The highest BCUT2D eigenvalue weighted by molar-refractivity contribution is 9.09. The normalized spacial score (nSPS) is 12.3. The van der Waals surface area contributed by atoms with E-state index < -0.39 is 0 Å². The zero-order valence-corrected chi connectivity index (χ0v) is 12.0. The lowest BCUT2D eigenvalue weighted by Crippen LogP contribution is -2.31. The summed E-state index contributed by atoms with van der Waals surface area (Å²) in [6, 6.07) is 5.38. The molecule has 0 N–H and O–H groups in total. The lowest BCUT2D eigenvalue weighted by molar-refractivity contribution is 0.0797. The fourth-order valence-corrected chi connectivity index (χ4v) is 2.02. The molecule has 1 unspecified atom stereocenters. The first-order chi connectivity index (χ1) is 7.41. The van der Waals surface area contributed by atoms with Crippen molar-refractivity contribution in [1.29, 1.82) is 0 Å². The van der Waals surface area contributed by atoms with Crippen LogP contribution in [0, 0.1) is 6.92 Å². The fourth-order valence-electron chi connectivity index (χ4n) is 1.41. The maximum atomic E-state index is 12.0. The monoisotopic (exact) mass is 303 g/mol. The summed E-state index contributed by atoms with van der Waals surface area (Å²) in [5.41, 5.74) is 1.61. The number of alkyl halides is 1. The number of amides is 1. The van der Waals surface area contributed by atoms with Gasteiger partial charge in [-0.25, -0.2) is 0 Å². The molecule has 1 rings (SSSR count). The van der Waals surface area contributed by atoms with E-state index in [9.17, 15) is 4.79 Å². The van der Waals surface area contributed by atoms with Gasteiger partial charge in [0.05, 0.1) is 0 Å². The zero-order chi connectivity index (χ0) is 12.3. The second-order valence-electron chi connectivity index (χ2n) is 3.93. The highest BCUT2D eigenvalue weighted by Gasteiger charge is 2.13. The molecule has 1 aromatic carbocycles. The van der Waals surface area contributed by atoms with E-state index >= 15 is 0 Å². The molecule has 0 bridgehead atoms. The SMILES string of the molecule is Cc1ccc(C(=O)N(C)CC(C)Br)cc1Cl. The molecule has 16 heavy (non-hydrogen) atoms. The molecule has 0 aliphatic carbocycles. The van der Waals surface area contributed by atoms with Crippen molar-refractivity contribution in [1.82, 2.24) is 4.90 Å². The molecule has 1 aromatic rings. The van der Waals surface area contributed by atoms with Gasteiger partial charge < -0.3 is 4.90 Å². The molecular formula is C12H15BrClNO. The Morgan fingerprint density at radius 1 is 1.56 bits per heavy atom. The summed E-state index contributed by atoms with van der Waals surface area (Å²) in [5, 5.41) is 0.631. The second-order valence-corrected chi connectivity index (χ2v) is 5.90. The molecule has 4 heteroatoms. The van der Waals surface area contributed by atoms with Gasteiger partial charge in [0.1, 0.15) is 0 Å². The van der Waals surface area contributed by atoms with Gasteiger partial charge in [-0.1, -0.05) is 40.5 Å². The Morgan fingerprint density at radius 3 is 2.69 bits per heavy atom. The molecule has 1 amide bonds. The number of carbonyl (C=O) groups excluding carboxylic acids is 1. The van der Waals surface area contributed by atoms with E-state index in [0.717, 1.165) is 5.56 Å². The van der Waals surface area contributed by atoms with Crippen LogP contribution in [0.1, 0.15) is 22.8 Å². The Labute approximate surface area is 110 Å². The number of hydrogen-bond donors (Lipinski definition) is 0. The predicted molar refractivity (Wildman–Crippen MR) is 71.5 cm³/mol. The molecule has 0 fully saturated rings. The first kappa shape index (κ1) is 13.5. The van der Waals surface area contributed by atoms with Gasteiger partial charge in [0.2, 0.25) is 0 Å². The Hall–Kier alpha value is -0.540. The molecule has 0 saturated heterocycles. The molecule has 88 valence electrons. The van der Waals surface area contributed by atoms with Crippen molar-refractivity contribution < 1.29 is 4.79 Å². The summed E-state index contributed by atoms with van der Waals surface area (Å²) in [6.45, 7) is 4.59. The van der Waals surface area contributed by atoms with E-state index in [1.165, 1.54) is 0 Å². The third kappa shape index (κ3) is 3.49. The average Bonchev–Trinajstić information content (AvgIpc) is 2.20. The molecule has 0 aromatic heterocycles. The Bertz CT molecular complexity index is 393. The van der Waals surface area contributed by atoms with Crippen molar-refractivity contribution in [3.8, 4) is 0 Å². The minimum Gasteiger partial charge on any atom is -0.341 e. The third-order valence-corrected chi connectivity index (χ3v) is 2.99. The Balaban J connectivity index is 2.84. The quantitative estimate of drug-likeness (QED) is 0.783. The lowest BCUT2D eigenvalue weighted by Gasteiger charge is -2.18. The van der Waals surface area contributed by atoms with Crippen molar-refractivity contribution in [2.75, 3.05) is 13.6 Å². The van der Waals surface area contributed by atoms with Crippen molar-refractivity contribution >= 4 is 33.4 Å².